The van der Waals surface area contributed by atoms with Gasteiger partial charge in [0.25, 0.3) is 0 Å². The van der Waals surface area contributed by atoms with Crippen molar-refractivity contribution in [3.8, 4) is 17.6 Å². The van der Waals surface area contributed by atoms with Crippen LogP contribution in [0.2, 0.25) is 0 Å². The molecular weight excluding hydrogens is 514 g/mol. The summed E-state index contributed by atoms with van der Waals surface area (Å²) in [5.41, 5.74) is 0.141. The molecule has 0 aromatic heterocycles. The van der Waals surface area contributed by atoms with E-state index in [-0.39, 0.29) is 22.4 Å². The highest BCUT2D eigenvalue weighted by molar-refractivity contribution is 9.10. The van der Waals surface area contributed by atoms with Crippen LogP contribution in [0, 0.1) is 28.6 Å². The second-order valence-electron chi connectivity index (χ2n) is 7.76. The van der Waals surface area contributed by atoms with Gasteiger partial charge in [0.2, 0.25) is 6.10 Å². The Morgan fingerprint density at radius 1 is 1.13 bits per heavy atom. The number of nitriles is 1. The molecule has 0 amide bonds. The third-order valence-electron chi connectivity index (χ3n) is 5.41. The van der Waals surface area contributed by atoms with E-state index in [9.17, 15) is 14.9 Å². The van der Waals surface area contributed by atoms with Crippen molar-refractivity contribution in [2.75, 3.05) is 5.33 Å². The maximum atomic E-state index is 12.8. The molecule has 2 aromatic carbocycles. The van der Waals surface area contributed by atoms with E-state index in [2.05, 4.69) is 31.9 Å². The lowest BCUT2D eigenvalue weighted by Crippen LogP contribution is -2.21. The summed E-state index contributed by atoms with van der Waals surface area (Å²) < 4.78 is 11.3. The molecule has 4 atom stereocenters. The minimum atomic E-state index is -1.06. The Bertz CT molecular complexity index is 971. The molecule has 1 fully saturated rings. The third kappa shape index (κ3) is 4.76. The lowest BCUT2D eigenvalue weighted by molar-refractivity contribution is -0.149. The molecule has 3 rings (SSSR count). The summed E-state index contributed by atoms with van der Waals surface area (Å²) >= 11 is 6.58. The van der Waals surface area contributed by atoms with Gasteiger partial charge in [-0.1, -0.05) is 76.0 Å². The van der Waals surface area contributed by atoms with Gasteiger partial charge in [0.15, 0.2) is 5.78 Å². The molecule has 7 heteroatoms. The number of Topliss-reactive ketones (excluding diaryl/α,β-unsaturated/α-hetero) is 1. The maximum Gasteiger partial charge on any atom is 0.311 e. The first-order valence-corrected chi connectivity index (χ1v) is 11.5. The summed E-state index contributed by atoms with van der Waals surface area (Å²) in [7, 11) is 0. The van der Waals surface area contributed by atoms with Gasteiger partial charge in [-0.3, -0.25) is 9.59 Å². The molecule has 0 spiro atoms. The van der Waals surface area contributed by atoms with E-state index < -0.39 is 22.8 Å². The number of carbonyl (C=O) groups is 2. The number of alkyl halides is 2. The maximum absolute atomic E-state index is 12.8. The summed E-state index contributed by atoms with van der Waals surface area (Å²) in [6, 6.07) is 18.2. The van der Waals surface area contributed by atoms with Crippen molar-refractivity contribution in [1.29, 1.82) is 5.26 Å². The van der Waals surface area contributed by atoms with Gasteiger partial charge < -0.3 is 9.47 Å². The number of para-hydroxylation sites is 1. The number of hydrogen-bond donors (Lipinski definition) is 0. The zero-order valence-electron chi connectivity index (χ0n) is 16.5. The lowest BCUT2D eigenvalue weighted by atomic mass is 10.1. The molecule has 5 nitrogen and oxygen atoms in total. The molecule has 30 heavy (non-hydrogen) atoms. The molecule has 0 radical (unpaired) electrons. The first-order chi connectivity index (χ1) is 14.3. The van der Waals surface area contributed by atoms with Crippen molar-refractivity contribution >= 4 is 43.6 Å². The van der Waals surface area contributed by atoms with Crippen LogP contribution in [0.3, 0.4) is 0 Å². The van der Waals surface area contributed by atoms with Crippen molar-refractivity contribution < 1.29 is 19.1 Å². The number of benzene rings is 2. The first kappa shape index (κ1) is 22.5. The highest BCUT2D eigenvalue weighted by Gasteiger charge is 2.66. The van der Waals surface area contributed by atoms with Crippen molar-refractivity contribution in [3.05, 3.63) is 60.2 Å². The molecule has 1 saturated carbocycles. The van der Waals surface area contributed by atoms with Crippen LogP contribution < -0.4 is 4.74 Å². The normalized spacial score (nSPS) is 21.0. The number of esters is 1. The predicted molar refractivity (Wildman–Crippen MR) is 120 cm³/mol. The van der Waals surface area contributed by atoms with Crippen LogP contribution in [0.25, 0.3) is 0 Å². The summed E-state index contributed by atoms with van der Waals surface area (Å²) in [5.74, 6) is 0.0842. The van der Waals surface area contributed by atoms with Crippen LogP contribution in [0.15, 0.2) is 54.6 Å². The van der Waals surface area contributed by atoms with Crippen molar-refractivity contribution in [2.24, 2.45) is 17.3 Å². The Labute approximate surface area is 192 Å². The highest BCUT2D eigenvalue weighted by atomic mass is 79.9. The van der Waals surface area contributed by atoms with Gasteiger partial charge in [0.1, 0.15) is 17.6 Å². The number of carbonyl (C=O) groups excluding carboxylic acids is 2. The SMILES string of the molecule is CC1(C)C(C(=O)O[C@H](C#N)c2cccc(Oc3ccccc3)c2)C1C(Br)C(=O)CBr. The Hall–Kier alpha value is -2.17. The zero-order chi connectivity index (χ0) is 21.9. The van der Waals surface area contributed by atoms with Gasteiger partial charge in [-0.15, -0.1) is 0 Å². The molecule has 156 valence electrons. The molecule has 3 unspecified atom stereocenters. The molecule has 1 aliphatic rings. The number of rotatable bonds is 8. The van der Waals surface area contributed by atoms with E-state index in [4.69, 9.17) is 9.47 Å². The van der Waals surface area contributed by atoms with Crippen molar-refractivity contribution in [1.82, 2.24) is 0 Å². The van der Waals surface area contributed by atoms with E-state index in [0.29, 0.717) is 17.1 Å². The fraction of sp³-hybridized carbons (Fsp3) is 0.348. The second kappa shape index (κ2) is 9.32. The van der Waals surface area contributed by atoms with E-state index in [0.717, 1.165) is 0 Å². The number of ether oxygens (including phenoxy) is 2. The Morgan fingerprint density at radius 3 is 2.43 bits per heavy atom. The van der Waals surface area contributed by atoms with Crippen LogP contribution in [-0.2, 0) is 14.3 Å². The van der Waals surface area contributed by atoms with E-state index in [1.165, 1.54) is 0 Å². The van der Waals surface area contributed by atoms with Crippen LogP contribution in [0.5, 0.6) is 11.5 Å². The van der Waals surface area contributed by atoms with Crippen LogP contribution in [0.4, 0.5) is 0 Å². The molecule has 0 aliphatic heterocycles. The molecular formula is C23H21Br2NO4. The topological polar surface area (TPSA) is 76.4 Å². The fourth-order valence-electron chi connectivity index (χ4n) is 3.67. The van der Waals surface area contributed by atoms with Crippen LogP contribution in [-0.4, -0.2) is 21.9 Å². The quantitative estimate of drug-likeness (QED) is 0.326. The summed E-state index contributed by atoms with van der Waals surface area (Å²) in [6.45, 7) is 3.85. The van der Waals surface area contributed by atoms with Crippen LogP contribution >= 0.6 is 31.9 Å². The van der Waals surface area contributed by atoms with Crippen molar-refractivity contribution in [2.45, 2.75) is 24.8 Å². The van der Waals surface area contributed by atoms with Gasteiger partial charge in [-0.25, -0.2) is 0 Å². The third-order valence-corrected chi connectivity index (χ3v) is 7.04. The molecule has 1 aliphatic carbocycles. The van der Waals surface area contributed by atoms with Gasteiger partial charge in [-0.05, 0) is 35.6 Å². The van der Waals surface area contributed by atoms with E-state index >= 15 is 0 Å². The summed E-state index contributed by atoms with van der Waals surface area (Å²) in [5, 5.41) is 9.82. The Morgan fingerprint density at radius 2 is 1.80 bits per heavy atom. The summed E-state index contributed by atoms with van der Waals surface area (Å²) in [6.07, 6.45) is -1.06. The standard InChI is InChI=1S/C23H21Br2NO4/c1-23(2)19(21(25)17(27)12-24)20(23)22(28)30-18(13-26)14-7-6-10-16(11-14)29-15-8-4-3-5-9-15/h3-11,18-21H,12H2,1-2H3/t18-,19?,20?,21?/m1/s1. The monoisotopic (exact) mass is 533 g/mol. The smallest absolute Gasteiger partial charge is 0.311 e. The number of hydrogen-bond acceptors (Lipinski definition) is 5. The molecule has 0 bridgehead atoms. The highest BCUT2D eigenvalue weighted by Crippen LogP contribution is 2.62. The zero-order valence-corrected chi connectivity index (χ0v) is 19.7. The average molecular weight is 535 g/mol. The van der Waals surface area contributed by atoms with Gasteiger partial charge in [0.05, 0.1) is 16.1 Å². The molecule has 2 aromatic rings. The Kier molecular flexibility index (Phi) is 6.99. The number of halogens is 2. The minimum absolute atomic E-state index is 0.0222. The van der Waals surface area contributed by atoms with Crippen LogP contribution in [0.1, 0.15) is 25.5 Å². The van der Waals surface area contributed by atoms with E-state index in [1.807, 2.05) is 50.2 Å². The largest absolute Gasteiger partial charge is 0.457 e. The Balaban J connectivity index is 1.71. The predicted octanol–water partition coefficient (Wildman–Crippen LogP) is 5.59. The van der Waals surface area contributed by atoms with Gasteiger partial charge in [-0.2, -0.15) is 5.26 Å². The number of nitrogens with zero attached hydrogens (tertiary/aromatic N) is 1. The van der Waals surface area contributed by atoms with Crippen molar-refractivity contribution in [3.63, 3.8) is 0 Å². The van der Waals surface area contributed by atoms with E-state index in [1.54, 1.807) is 24.3 Å². The number of ketones is 1. The fourth-order valence-corrected chi connectivity index (χ4v) is 5.60. The molecule has 0 heterocycles. The summed E-state index contributed by atoms with van der Waals surface area (Å²) in [4.78, 5) is 24.4. The minimum Gasteiger partial charge on any atom is -0.457 e. The second-order valence-corrected chi connectivity index (χ2v) is 9.31. The van der Waals surface area contributed by atoms with Gasteiger partial charge >= 0.3 is 5.97 Å². The van der Waals surface area contributed by atoms with Gasteiger partial charge in [0, 0.05) is 5.56 Å². The lowest BCUT2D eigenvalue weighted by Gasteiger charge is -2.14. The average Bonchev–Trinajstić information content (AvgIpc) is 3.33. The molecule has 0 saturated heterocycles. The first-order valence-electron chi connectivity index (χ1n) is 9.45. The molecule has 0 N–H and O–H groups in total.